The van der Waals surface area contributed by atoms with E-state index in [1.807, 2.05) is 13.8 Å². The molecule has 124 valence electrons. The lowest BCUT2D eigenvalue weighted by atomic mass is 10.3. The van der Waals surface area contributed by atoms with Crippen LogP contribution in [0.3, 0.4) is 0 Å². The van der Waals surface area contributed by atoms with Gasteiger partial charge < -0.3 is 0 Å². The van der Waals surface area contributed by atoms with E-state index in [1.165, 1.54) is 0 Å². The molecule has 23 heavy (non-hydrogen) atoms. The summed E-state index contributed by atoms with van der Waals surface area (Å²) in [7, 11) is 0. The molecule has 8 heteroatoms. The van der Waals surface area contributed by atoms with Crippen molar-refractivity contribution in [3.05, 3.63) is 38.2 Å². The molecule has 3 rings (SSSR count). The van der Waals surface area contributed by atoms with Crippen molar-refractivity contribution < 1.29 is 0 Å². The maximum Gasteiger partial charge on any atom is 0.266 e. The van der Waals surface area contributed by atoms with Gasteiger partial charge in [0, 0.05) is 38.8 Å². The maximum atomic E-state index is 11.8. The van der Waals surface area contributed by atoms with Crippen molar-refractivity contribution in [1.29, 1.82) is 0 Å². The smallest absolute Gasteiger partial charge is 0.266 e. The fourth-order valence-corrected chi connectivity index (χ4v) is 3.46. The summed E-state index contributed by atoms with van der Waals surface area (Å²) < 4.78 is 1.56. The van der Waals surface area contributed by atoms with E-state index in [-0.39, 0.29) is 5.56 Å². The Morgan fingerprint density at radius 1 is 1.04 bits per heavy atom. The molecular formula is C15H22N6OS. The lowest BCUT2D eigenvalue weighted by Gasteiger charge is -2.34. The van der Waals surface area contributed by atoms with Gasteiger partial charge in [-0.05, 0) is 19.9 Å². The van der Waals surface area contributed by atoms with Crippen LogP contribution in [-0.4, -0.2) is 62.5 Å². The molecule has 0 aromatic carbocycles. The van der Waals surface area contributed by atoms with Crippen LogP contribution >= 0.6 is 11.3 Å². The first kappa shape index (κ1) is 16.2. The van der Waals surface area contributed by atoms with Crippen molar-refractivity contribution in [3.63, 3.8) is 0 Å². The molecule has 1 fully saturated rings. The highest BCUT2D eigenvalue weighted by Gasteiger charge is 2.18. The molecule has 0 atom stereocenters. The summed E-state index contributed by atoms with van der Waals surface area (Å²) in [6.45, 7) is 10.4. The fraction of sp³-hybridized carbons (Fsp3) is 0.600. The Labute approximate surface area is 139 Å². The third-order valence-electron chi connectivity index (χ3n) is 4.02. The second-order valence-electron chi connectivity index (χ2n) is 5.87. The van der Waals surface area contributed by atoms with E-state index in [9.17, 15) is 4.79 Å². The maximum absolute atomic E-state index is 11.8. The highest BCUT2D eigenvalue weighted by Crippen LogP contribution is 2.12. The van der Waals surface area contributed by atoms with Crippen LogP contribution in [0.1, 0.15) is 15.7 Å². The average Bonchev–Trinajstić information content (AvgIpc) is 2.95. The summed E-state index contributed by atoms with van der Waals surface area (Å²) in [6.07, 6.45) is 0. The van der Waals surface area contributed by atoms with Crippen LogP contribution in [0.25, 0.3) is 0 Å². The molecule has 0 radical (unpaired) electrons. The van der Waals surface area contributed by atoms with Crippen molar-refractivity contribution in [3.8, 4) is 0 Å². The normalized spacial score (nSPS) is 16.8. The van der Waals surface area contributed by atoms with Crippen molar-refractivity contribution in [1.82, 2.24) is 29.8 Å². The molecule has 0 aliphatic carbocycles. The second-order valence-corrected chi connectivity index (χ2v) is 7.13. The second kappa shape index (κ2) is 7.29. The van der Waals surface area contributed by atoms with Crippen LogP contribution in [0, 0.1) is 13.8 Å². The van der Waals surface area contributed by atoms with Crippen LogP contribution in [0.4, 0.5) is 0 Å². The van der Waals surface area contributed by atoms with Crippen molar-refractivity contribution in [2.45, 2.75) is 26.9 Å². The molecule has 0 saturated carbocycles. The Bertz CT molecular complexity index is 704. The predicted molar refractivity (Wildman–Crippen MR) is 89.6 cm³/mol. The van der Waals surface area contributed by atoms with Crippen LogP contribution in [0.2, 0.25) is 0 Å². The van der Waals surface area contributed by atoms with Gasteiger partial charge in [-0.15, -0.1) is 21.5 Å². The Hall–Kier alpha value is -1.64. The standard InChI is InChI=1S/C15H22N6OS/c1-12-3-4-15(22)21(18-12)10-9-19-5-7-20(8-6-19)11-14-17-16-13(2)23-14/h3-4H,5-11H2,1-2H3. The number of aryl methyl sites for hydroxylation is 2. The molecule has 0 unspecified atom stereocenters. The number of hydrogen-bond acceptors (Lipinski definition) is 7. The lowest BCUT2D eigenvalue weighted by molar-refractivity contribution is 0.122. The minimum atomic E-state index is -0.0270. The SMILES string of the molecule is Cc1ccc(=O)n(CCN2CCN(Cc3nnc(C)s3)CC2)n1. The van der Waals surface area contributed by atoms with E-state index in [4.69, 9.17) is 0 Å². The summed E-state index contributed by atoms with van der Waals surface area (Å²) in [5.74, 6) is 0. The molecule has 1 saturated heterocycles. The first-order valence-electron chi connectivity index (χ1n) is 7.88. The molecule has 0 amide bonds. The molecular weight excluding hydrogens is 312 g/mol. The van der Waals surface area contributed by atoms with Gasteiger partial charge >= 0.3 is 0 Å². The van der Waals surface area contributed by atoms with Gasteiger partial charge in [0.2, 0.25) is 0 Å². The van der Waals surface area contributed by atoms with E-state index < -0.39 is 0 Å². The topological polar surface area (TPSA) is 67.2 Å². The highest BCUT2D eigenvalue weighted by atomic mass is 32.1. The molecule has 2 aromatic rings. The summed E-state index contributed by atoms with van der Waals surface area (Å²) >= 11 is 1.67. The Balaban J connectivity index is 1.46. The third kappa shape index (κ3) is 4.43. The van der Waals surface area contributed by atoms with Gasteiger partial charge in [0.15, 0.2) is 0 Å². The minimum absolute atomic E-state index is 0.0270. The fourth-order valence-electron chi connectivity index (χ4n) is 2.71. The molecule has 0 spiro atoms. The van der Waals surface area contributed by atoms with E-state index in [2.05, 4.69) is 25.1 Å². The van der Waals surface area contributed by atoms with E-state index >= 15 is 0 Å². The lowest BCUT2D eigenvalue weighted by Crippen LogP contribution is -2.47. The molecule has 0 bridgehead atoms. The largest absolute Gasteiger partial charge is 0.299 e. The summed E-state index contributed by atoms with van der Waals surface area (Å²) in [5.41, 5.74) is 0.850. The summed E-state index contributed by atoms with van der Waals surface area (Å²) in [4.78, 5) is 16.6. The summed E-state index contributed by atoms with van der Waals surface area (Å²) in [6, 6.07) is 3.34. The highest BCUT2D eigenvalue weighted by molar-refractivity contribution is 7.11. The Morgan fingerprint density at radius 2 is 1.78 bits per heavy atom. The van der Waals surface area contributed by atoms with Gasteiger partial charge in [-0.1, -0.05) is 0 Å². The van der Waals surface area contributed by atoms with E-state index in [0.717, 1.165) is 55.0 Å². The molecule has 2 aromatic heterocycles. The van der Waals surface area contributed by atoms with Gasteiger partial charge in [-0.2, -0.15) is 5.10 Å². The molecule has 7 nitrogen and oxygen atoms in total. The number of hydrogen-bond donors (Lipinski definition) is 0. The number of nitrogens with zero attached hydrogens (tertiary/aromatic N) is 6. The number of piperazine rings is 1. The first-order valence-corrected chi connectivity index (χ1v) is 8.70. The van der Waals surface area contributed by atoms with Crippen LogP contribution in [0.15, 0.2) is 16.9 Å². The van der Waals surface area contributed by atoms with Gasteiger partial charge in [-0.25, -0.2) is 4.68 Å². The van der Waals surface area contributed by atoms with E-state index in [1.54, 1.807) is 28.2 Å². The van der Waals surface area contributed by atoms with Crippen LogP contribution in [0.5, 0.6) is 0 Å². The zero-order chi connectivity index (χ0) is 16.2. The van der Waals surface area contributed by atoms with Crippen molar-refractivity contribution in [2.24, 2.45) is 0 Å². The predicted octanol–water partition coefficient (Wildman–Crippen LogP) is 0.529. The number of aromatic nitrogens is 4. The molecule has 1 aliphatic rings. The average molecular weight is 334 g/mol. The van der Waals surface area contributed by atoms with Crippen LogP contribution in [-0.2, 0) is 13.1 Å². The zero-order valence-corrected chi connectivity index (χ0v) is 14.4. The molecule has 1 aliphatic heterocycles. The van der Waals surface area contributed by atoms with Gasteiger partial charge in [-0.3, -0.25) is 14.6 Å². The zero-order valence-electron chi connectivity index (χ0n) is 13.6. The van der Waals surface area contributed by atoms with Crippen molar-refractivity contribution in [2.75, 3.05) is 32.7 Å². The van der Waals surface area contributed by atoms with Gasteiger partial charge in [0.1, 0.15) is 10.0 Å². The van der Waals surface area contributed by atoms with Crippen LogP contribution < -0.4 is 5.56 Å². The molecule has 3 heterocycles. The van der Waals surface area contributed by atoms with E-state index in [0.29, 0.717) is 6.54 Å². The summed E-state index contributed by atoms with van der Waals surface area (Å²) in [5, 5.41) is 14.7. The number of rotatable bonds is 5. The first-order chi connectivity index (χ1) is 11.1. The monoisotopic (exact) mass is 334 g/mol. The Morgan fingerprint density at radius 3 is 2.48 bits per heavy atom. The van der Waals surface area contributed by atoms with Gasteiger partial charge in [0.05, 0.1) is 18.8 Å². The van der Waals surface area contributed by atoms with Crippen molar-refractivity contribution >= 4 is 11.3 Å². The minimum Gasteiger partial charge on any atom is -0.299 e. The molecule has 0 N–H and O–H groups in total. The Kier molecular flexibility index (Phi) is 5.14. The third-order valence-corrected chi connectivity index (χ3v) is 4.84. The van der Waals surface area contributed by atoms with Gasteiger partial charge in [0.25, 0.3) is 5.56 Å². The quantitative estimate of drug-likeness (QED) is 0.795.